The van der Waals surface area contributed by atoms with E-state index >= 15 is 0 Å². The zero-order valence-electron chi connectivity index (χ0n) is 18.2. The lowest BCUT2D eigenvalue weighted by Gasteiger charge is -2.27. The number of amides is 1. The van der Waals surface area contributed by atoms with Crippen molar-refractivity contribution in [1.29, 1.82) is 0 Å². The van der Waals surface area contributed by atoms with E-state index in [2.05, 4.69) is 0 Å². The van der Waals surface area contributed by atoms with Gasteiger partial charge in [-0.3, -0.25) is 9.59 Å². The SMILES string of the molecule is COCCN1C(=O)C(=O)/C(=C(/O)c2ccc(Cl)c(OC)c2)C1c1cccc(OC)c1OC. The molecule has 1 atom stereocenters. The van der Waals surface area contributed by atoms with Crippen LogP contribution in [0.15, 0.2) is 42.0 Å². The molecule has 1 saturated heterocycles. The molecule has 0 spiro atoms. The number of likely N-dealkylation sites (tertiary alicyclic amines) is 1. The molecule has 170 valence electrons. The van der Waals surface area contributed by atoms with Gasteiger partial charge in [-0.05, 0) is 24.3 Å². The first-order valence-electron chi connectivity index (χ1n) is 9.71. The normalized spacial score (nSPS) is 17.5. The van der Waals surface area contributed by atoms with Crippen molar-refractivity contribution in [1.82, 2.24) is 4.90 Å². The van der Waals surface area contributed by atoms with Gasteiger partial charge in [-0.25, -0.2) is 0 Å². The Morgan fingerprint density at radius 1 is 1.03 bits per heavy atom. The standard InChI is InChI=1S/C23H24ClNO7/c1-29-11-10-25-19(14-6-5-7-16(30-2)22(14)32-4)18(21(27)23(25)28)20(26)13-8-9-15(24)17(12-13)31-3/h5-9,12,19,26H,10-11H2,1-4H3/b20-18+. The van der Waals surface area contributed by atoms with Gasteiger partial charge in [0.2, 0.25) is 0 Å². The number of aliphatic hydroxyl groups excluding tert-OH is 1. The minimum atomic E-state index is -0.920. The highest BCUT2D eigenvalue weighted by atomic mass is 35.5. The predicted octanol–water partition coefficient (Wildman–Crippen LogP) is 3.43. The van der Waals surface area contributed by atoms with Crippen molar-refractivity contribution in [3.63, 3.8) is 0 Å². The molecule has 1 aliphatic heterocycles. The monoisotopic (exact) mass is 461 g/mol. The molecule has 3 rings (SSSR count). The summed E-state index contributed by atoms with van der Waals surface area (Å²) >= 11 is 6.09. The third-order valence-corrected chi connectivity index (χ3v) is 5.54. The van der Waals surface area contributed by atoms with Gasteiger partial charge in [0.1, 0.15) is 11.5 Å². The number of carbonyl (C=O) groups is 2. The van der Waals surface area contributed by atoms with Crippen LogP contribution >= 0.6 is 11.6 Å². The number of methoxy groups -OCH3 is 4. The molecule has 0 saturated carbocycles. The second-order valence-corrected chi connectivity index (χ2v) is 7.32. The number of aliphatic hydroxyl groups is 1. The highest BCUT2D eigenvalue weighted by Gasteiger charge is 2.47. The Morgan fingerprint density at radius 3 is 2.38 bits per heavy atom. The van der Waals surface area contributed by atoms with E-state index in [1.54, 1.807) is 24.3 Å². The zero-order chi connectivity index (χ0) is 23.4. The summed E-state index contributed by atoms with van der Waals surface area (Å²) in [5, 5.41) is 11.5. The maximum Gasteiger partial charge on any atom is 0.295 e. The molecule has 2 aromatic rings. The molecular weight excluding hydrogens is 438 g/mol. The van der Waals surface area contributed by atoms with Crippen LogP contribution < -0.4 is 14.2 Å². The van der Waals surface area contributed by atoms with E-state index in [4.69, 9.17) is 30.5 Å². The fourth-order valence-electron chi connectivity index (χ4n) is 3.71. The van der Waals surface area contributed by atoms with Gasteiger partial charge < -0.3 is 29.0 Å². The van der Waals surface area contributed by atoms with Crippen molar-refractivity contribution < 1.29 is 33.6 Å². The highest BCUT2D eigenvalue weighted by Crippen LogP contribution is 2.45. The van der Waals surface area contributed by atoms with Crippen LogP contribution in [0.3, 0.4) is 0 Å². The van der Waals surface area contributed by atoms with Gasteiger partial charge in [-0.2, -0.15) is 0 Å². The fraction of sp³-hybridized carbons (Fsp3) is 0.304. The Kier molecular flexibility index (Phi) is 7.27. The molecule has 1 aliphatic rings. The molecule has 32 heavy (non-hydrogen) atoms. The number of benzene rings is 2. The summed E-state index contributed by atoms with van der Waals surface area (Å²) in [6.45, 7) is 0.331. The number of nitrogens with zero attached hydrogens (tertiary/aromatic N) is 1. The largest absolute Gasteiger partial charge is 0.507 e. The second kappa shape index (κ2) is 9.93. The number of carbonyl (C=O) groups excluding carboxylic acids is 2. The minimum absolute atomic E-state index is 0.0815. The molecule has 0 aromatic heterocycles. The van der Waals surface area contributed by atoms with E-state index in [1.807, 2.05) is 0 Å². The first-order valence-corrected chi connectivity index (χ1v) is 10.1. The van der Waals surface area contributed by atoms with Crippen LogP contribution in [0.25, 0.3) is 5.76 Å². The van der Waals surface area contributed by atoms with Crippen molar-refractivity contribution in [2.75, 3.05) is 41.6 Å². The van der Waals surface area contributed by atoms with Gasteiger partial charge in [0.25, 0.3) is 11.7 Å². The third-order valence-electron chi connectivity index (χ3n) is 5.23. The molecule has 1 heterocycles. The Hall–Kier alpha value is -3.23. The fourth-order valence-corrected chi connectivity index (χ4v) is 3.91. The maximum atomic E-state index is 13.1. The summed E-state index contributed by atoms with van der Waals surface area (Å²) in [5.74, 6) is -0.825. The minimum Gasteiger partial charge on any atom is -0.507 e. The van der Waals surface area contributed by atoms with Gasteiger partial charge in [0.05, 0.1) is 44.6 Å². The zero-order valence-corrected chi connectivity index (χ0v) is 18.9. The molecule has 2 aromatic carbocycles. The number of halogens is 1. The number of Topliss-reactive ketones (excluding diaryl/α,β-unsaturated/α-hetero) is 1. The molecule has 1 fully saturated rings. The van der Waals surface area contributed by atoms with Gasteiger partial charge in [0, 0.05) is 24.8 Å². The van der Waals surface area contributed by atoms with Crippen molar-refractivity contribution in [3.05, 3.63) is 58.1 Å². The van der Waals surface area contributed by atoms with Crippen LogP contribution in [0.2, 0.25) is 5.02 Å². The van der Waals surface area contributed by atoms with Gasteiger partial charge in [0.15, 0.2) is 11.5 Å². The molecule has 1 N–H and O–H groups in total. The van der Waals surface area contributed by atoms with Crippen LogP contribution in [0.1, 0.15) is 17.2 Å². The number of hydrogen-bond acceptors (Lipinski definition) is 7. The molecule has 0 radical (unpaired) electrons. The maximum absolute atomic E-state index is 13.1. The molecule has 1 unspecified atom stereocenters. The van der Waals surface area contributed by atoms with E-state index in [0.29, 0.717) is 27.8 Å². The van der Waals surface area contributed by atoms with Crippen LogP contribution in [0.5, 0.6) is 17.2 Å². The Labute approximate surface area is 190 Å². The Morgan fingerprint density at radius 2 is 1.75 bits per heavy atom. The molecule has 1 amide bonds. The molecule has 0 aliphatic carbocycles. The summed E-state index contributed by atoms with van der Waals surface area (Å²) in [6.07, 6.45) is 0. The summed E-state index contributed by atoms with van der Waals surface area (Å²) in [5.41, 5.74) is 0.689. The lowest BCUT2D eigenvalue weighted by atomic mass is 9.94. The lowest BCUT2D eigenvalue weighted by Crippen LogP contribution is -2.32. The smallest absolute Gasteiger partial charge is 0.295 e. The van der Waals surface area contributed by atoms with Crippen LogP contribution in [-0.4, -0.2) is 63.3 Å². The average molecular weight is 462 g/mol. The van der Waals surface area contributed by atoms with Crippen molar-refractivity contribution in [2.45, 2.75) is 6.04 Å². The van der Waals surface area contributed by atoms with E-state index in [0.717, 1.165) is 0 Å². The van der Waals surface area contributed by atoms with E-state index < -0.39 is 17.7 Å². The Bertz CT molecular complexity index is 1070. The van der Waals surface area contributed by atoms with Crippen LogP contribution in [0.4, 0.5) is 0 Å². The number of hydrogen-bond donors (Lipinski definition) is 1. The van der Waals surface area contributed by atoms with E-state index in [9.17, 15) is 14.7 Å². The van der Waals surface area contributed by atoms with Gasteiger partial charge in [-0.15, -0.1) is 0 Å². The van der Waals surface area contributed by atoms with E-state index in [1.165, 1.54) is 45.5 Å². The van der Waals surface area contributed by atoms with Crippen molar-refractivity contribution >= 4 is 29.1 Å². The topological polar surface area (TPSA) is 94.5 Å². The molecule has 9 heteroatoms. The van der Waals surface area contributed by atoms with Crippen molar-refractivity contribution in [3.8, 4) is 17.2 Å². The molecular formula is C23H24ClNO7. The number of ketones is 1. The Balaban J connectivity index is 2.27. The summed E-state index contributed by atoms with van der Waals surface area (Å²) < 4.78 is 21.3. The van der Waals surface area contributed by atoms with E-state index in [-0.39, 0.29) is 30.0 Å². The van der Waals surface area contributed by atoms with Crippen molar-refractivity contribution in [2.24, 2.45) is 0 Å². The number of para-hydroxylation sites is 1. The van der Waals surface area contributed by atoms with Gasteiger partial charge in [-0.1, -0.05) is 23.7 Å². The summed E-state index contributed by atoms with van der Waals surface area (Å²) in [4.78, 5) is 27.4. The number of ether oxygens (including phenoxy) is 4. The number of rotatable bonds is 8. The molecule has 0 bridgehead atoms. The first-order chi connectivity index (χ1) is 15.4. The quantitative estimate of drug-likeness (QED) is 0.365. The summed E-state index contributed by atoms with van der Waals surface area (Å²) in [7, 11) is 5.89. The third kappa shape index (κ3) is 4.11. The average Bonchev–Trinajstić information content (AvgIpc) is 3.06. The summed E-state index contributed by atoms with van der Waals surface area (Å²) in [6, 6.07) is 8.80. The van der Waals surface area contributed by atoms with Crippen LogP contribution in [0, 0.1) is 0 Å². The lowest BCUT2D eigenvalue weighted by molar-refractivity contribution is -0.140. The highest BCUT2D eigenvalue weighted by molar-refractivity contribution is 6.46. The molecule has 8 nitrogen and oxygen atoms in total. The van der Waals surface area contributed by atoms with Gasteiger partial charge >= 0.3 is 0 Å². The van der Waals surface area contributed by atoms with Crippen LogP contribution in [-0.2, 0) is 14.3 Å². The predicted molar refractivity (Wildman–Crippen MR) is 118 cm³/mol. The first kappa shape index (κ1) is 23.4. The second-order valence-electron chi connectivity index (χ2n) is 6.92.